The normalized spacial score (nSPS) is 13.4. The first kappa shape index (κ1) is 23.1. The van der Waals surface area contributed by atoms with Crippen molar-refractivity contribution in [3.63, 3.8) is 0 Å². The molecule has 3 aromatic carbocycles. The summed E-state index contributed by atoms with van der Waals surface area (Å²) in [6.07, 6.45) is 0. The molecule has 0 N–H and O–H groups in total. The topological polar surface area (TPSA) is 74.3 Å². The smallest absolute Gasteiger partial charge is 0.355 e. The Hall–Kier alpha value is -4.10. The molecule has 0 spiro atoms. The number of rotatable bonds is 7. The van der Waals surface area contributed by atoms with Crippen molar-refractivity contribution in [3.05, 3.63) is 95.7 Å². The van der Waals surface area contributed by atoms with Crippen LogP contribution in [0.3, 0.4) is 0 Å². The molecule has 0 unspecified atom stereocenters. The van der Waals surface area contributed by atoms with E-state index in [0.717, 1.165) is 22.4 Å². The van der Waals surface area contributed by atoms with Crippen LogP contribution in [0.25, 0.3) is 11.1 Å². The number of carbonyl (C=O) groups is 2. The third-order valence-corrected chi connectivity index (χ3v) is 5.45. The fourth-order valence-corrected chi connectivity index (χ4v) is 3.67. The number of hydrogen-bond donors (Lipinski definition) is 0. The highest BCUT2D eigenvalue weighted by Crippen LogP contribution is 2.30. The van der Waals surface area contributed by atoms with E-state index in [1.165, 1.54) is 14.2 Å². The van der Waals surface area contributed by atoms with Gasteiger partial charge in [0.25, 0.3) is 0 Å². The van der Waals surface area contributed by atoms with Crippen LogP contribution in [0.4, 0.5) is 5.69 Å². The summed E-state index contributed by atoms with van der Waals surface area (Å²) < 4.78 is 21.1. The van der Waals surface area contributed by atoms with Crippen LogP contribution in [0.5, 0.6) is 5.75 Å². The summed E-state index contributed by atoms with van der Waals surface area (Å²) >= 11 is 0. The summed E-state index contributed by atoms with van der Waals surface area (Å²) in [6.45, 7) is 0.596. The van der Waals surface area contributed by atoms with Crippen molar-refractivity contribution in [2.45, 2.75) is 6.61 Å². The molecule has 0 aromatic heterocycles. The molecule has 4 rings (SSSR count). The molecule has 1 heterocycles. The standard InChI is InChI=1S/C27H25NO6/c1-31-26(29)24-17-33-18-28(25(24)27(30)32-2)22-12-8-20(9-13-22)21-10-14-23(15-11-21)34-16-19-6-4-3-5-7-19/h3-15H,16-18H2,1-2H3. The fraction of sp³-hybridized carbons (Fsp3) is 0.185. The quantitative estimate of drug-likeness (QED) is 0.487. The number of nitrogens with zero attached hydrogens (tertiary/aromatic N) is 1. The Bertz CT molecular complexity index is 1170. The van der Waals surface area contributed by atoms with E-state index < -0.39 is 11.9 Å². The number of methoxy groups -OCH3 is 2. The van der Waals surface area contributed by atoms with E-state index in [1.807, 2.05) is 78.9 Å². The van der Waals surface area contributed by atoms with Gasteiger partial charge in [-0.15, -0.1) is 0 Å². The van der Waals surface area contributed by atoms with Crippen LogP contribution >= 0.6 is 0 Å². The monoisotopic (exact) mass is 459 g/mol. The molecule has 0 saturated carbocycles. The van der Waals surface area contributed by atoms with Crippen molar-refractivity contribution in [1.82, 2.24) is 0 Å². The minimum absolute atomic E-state index is 0.0234. The Morgan fingerprint density at radius 3 is 2.06 bits per heavy atom. The Morgan fingerprint density at radius 1 is 0.824 bits per heavy atom. The SMILES string of the molecule is COC(=O)C1=C(C(=O)OC)N(c2ccc(-c3ccc(OCc4ccccc4)cc3)cc2)COC1. The van der Waals surface area contributed by atoms with E-state index in [9.17, 15) is 9.59 Å². The van der Waals surface area contributed by atoms with Crippen LogP contribution in [0.2, 0.25) is 0 Å². The molecule has 0 fully saturated rings. The second-order valence-corrected chi connectivity index (χ2v) is 7.56. The molecule has 1 aliphatic rings. The van der Waals surface area contributed by atoms with Crippen LogP contribution < -0.4 is 9.64 Å². The van der Waals surface area contributed by atoms with Gasteiger partial charge in [0.05, 0.1) is 26.4 Å². The number of ether oxygens (including phenoxy) is 4. The molecule has 34 heavy (non-hydrogen) atoms. The van der Waals surface area contributed by atoms with Gasteiger partial charge in [0, 0.05) is 5.69 Å². The van der Waals surface area contributed by atoms with Gasteiger partial charge in [0.2, 0.25) is 0 Å². The number of carbonyl (C=O) groups excluding carboxylic acids is 2. The van der Waals surface area contributed by atoms with Crippen molar-refractivity contribution in [2.75, 3.05) is 32.5 Å². The Balaban J connectivity index is 1.51. The second-order valence-electron chi connectivity index (χ2n) is 7.56. The maximum atomic E-state index is 12.4. The number of hydrogen-bond acceptors (Lipinski definition) is 7. The summed E-state index contributed by atoms with van der Waals surface area (Å²) in [7, 11) is 2.53. The van der Waals surface area contributed by atoms with E-state index in [1.54, 1.807) is 4.90 Å². The zero-order chi connectivity index (χ0) is 23.9. The van der Waals surface area contributed by atoms with Gasteiger partial charge in [-0.25, -0.2) is 9.59 Å². The molecular formula is C27H25NO6. The number of esters is 2. The maximum absolute atomic E-state index is 12.4. The predicted octanol–water partition coefficient (Wildman–Crippen LogP) is 4.33. The van der Waals surface area contributed by atoms with Crippen molar-refractivity contribution in [1.29, 1.82) is 0 Å². The maximum Gasteiger partial charge on any atom is 0.355 e. The van der Waals surface area contributed by atoms with Crippen LogP contribution in [-0.2, 0) is 30.4 Å². The van der Waals surface area contributed by atoms with E-state index in [0.29, 0.717) is 12.3 Å². The van der Waals surface area contributed by atoms with Gasteiger partial charge in [-0.05, 0) is 41.0 Å². The first-order valence-corrected chi connectivity index (χ1v) is 10.7. The lowest BCUT2D eigenvalue weighted by Crippen LogP contribution is -2.38. The molecule has 0 aliphatic carbocycles. The van der Waals surface area contributed by atoms with E-state index in [4.69, 9.17) is 18.9 Å². The average Bonchev–Trinajstić information content (AvgIpc) is 2.91. The minimum Gasteiger partial charge on any atom is -0.489 e. The first-order chi connectivity index (χ1) is 16.6. The summed E-state index contributed by atoms with van der Waals surface area (Å²) in [5.74, 6) is -0.465. The van der Waals surface area contributed by atoms with Crippen molar-refractivity contribution < 1.29 is 28.5 Å². The van der Waals surface area contributed by atoms with Crippen molar-refractivity contribution in [2.24, 2.45) is 0 Å². The number of anilines is 1. The van der Waals surface area contributed by atoms with Crippen LogP contribution in [0.15, 0.2) is 90.1 Å². The third kappa shape index (κ3) is 5.10. The first-order valence-electron chi connectivity index (χ1n) is 10.7. The van der Waals surface area contributed by atoms with Gasteiger partial charge in [0.15, 0.2) is 0 Å². The third-order valence-electron chi connectivity index (χ3n) is 5.45. The van der Waals surface area contributed by atoms with Gasteiger partial charge in [-0.3, -0.25) is 0 Å². The largest absolute Gasteiger partial charge is 0.489 e. The highest BCUT2D eigenvalue weighted by molar-refractivity contribution is 6.03. The number of benzene rings is 3. The molecule has 0 amide bonds. The summed E-state index contributed by atoms with van der Waals surface area (Å²) in [6, 6.07) is 25.5. The van der Waals surface area contributed by atoms with Crippen LogP contribution in [0, 0.1) is 0 Å². The molecule has 0 bridgehead atoms. The zero-order valence-corrected chi connectivity index (χ0v) is 19.0. The molecule has 7 heteroatoms. The lowest BCUT2D eigenvalue weighted by molar-refractivity contribution is -0.140. The summed E-state index contributed by atoms with van der Waals surface area (Å²) in [5, 5.41) is 0. The van der Waals surface area contributed by atoms with Crippen LogP contribution in [-0.4, -0.2) is 39.5 Å². The van der Waals surface area contributed by atoms with Gasteiger partial charge in [-0.1, -0.05) is 54.6 Å². The molecule has 0 atom stereocenters. The van der Waals surface area contributed by atoms with E-state index >= 15 is 0 Å². The van der Waals surface area contributed by atoms with E-state index in [-0.39, 0.29) is 24.6 Å². The molecule has 1 aliphatic heterocycles. The molecular weight excluding hydrogens is 434 g/mol. The van der Waals surface area contributed by atoms with Gasteiger partial charge < -0.3 is 23.8 Å². The van der Waals surface area contributed by atoms with Gasteiger partial charge >= 0.3 is 11.9 Å². The van der Waals surface area contributed by atoms with E-state index in [2.05, 4.69) is 0 Å². The summed E-state index contributed by atoms with van der Waals surface area (Å²) in [4.78, 5) is 26.2. The van der Waals surface area contributed by atoms with Crippen LogP contribution in [0.1, 0.15) is 5.56 Å². The fourth-order valence-electron chi connectivity index (χ4n) is 3.67. The Morgan fingerprint density at radius 2 is 1.44 bits per heavy atom. The van der Waals surface area contributed by atoms with Crippen molar-refractivity contribution >= 4 is 17.6 Å². The predicted molar refractivity (Wildman–Crippen MR) is 127 cm³/mol. The average molecular weight is 459 g/mol. The molecule has 0 saturated heterocycles. The molecule has 0 radical (unpaired) electrons. The molecule has 7 nitrogen and oxygen atoms in total. The molecule has 3 aromatic rings. The highest BCUT2D eigenvalue weighted by atomic mass is 16.5. The second kappa shape index (κ2) is 10.7. The minimum atomic E-state index is -0.628. The Kier molecular flexibility index (Phi) is 7.25. The summed E-state index contributed by atoms with van der Waals surface area (Å²) in [5.41, 5.74) is 4.05. The lowest BCUT2D eigenvalue weighted by atomic mass is 10.0. The van der Waals surface area contributed by atoms with Gasteiger partial charge in [0.1, 0.15) is 24.8 Å². The lowest BCUT2D eigenvalue weighted by Gasteiger charge is -2.31. The molecule has 174 valence electrons. The van der Waals surface area contributed by atoms with Gasteiger partial charge in [-0.2, -0.15) is 0 Å². The van der Waals surface area contributed by atoms with Crippen molar-refractivity contribution in [3.8, 4) is 16.9 Å². The zero-order valence-electron chi connectivity index (χ0n) is 19.0. The Labute approximate surface area is 198 Å². The highest BCUT2D eigenvalue weighted by Gasteiger charge is 2.32.